The number of rotatable bonds is 5. The van der Waals surface area contributed by atoms with Gasteiger partial charge in [0.25, 0.3) is 0 Å². The Hall–Kier alpha value is -4.75. The first-order valence-electron chi connectivity index (χ1n) is 13.5. The number of benzene rings is 4. The maximum atomic E-state index is 14.8. The van der Waals surface area contributed by atoms with E-state index in [-0.39, 0.29) is 17.3 Å². The third-order valence-corrected chi connectivity index (χ3v) is 8.99. The molecular formula is C34H25ClN2O5. The normalized spacial score (nSPS) is 21.2. The Morgan fingerprint density at radius 2 is 1.48 bits per heavy atom. The molecule has 4 aromatic carbocycles. The molecule has 0 unspecified atom stereocenters. The van der Waals surface area contributed by atoms with Crippen molar-refractivity contribution in [2.75, 3.05) is 14.2 Å². The van der Waals surface area contributed by atoms with Gasteiger partial charge >= 0.3 is 0 Å². The van der Waals surface area contributed by atoms with Crippen molar-refractivity contribution in [1.29, 1.82) is 0 Å². The number of hydrazone groups is 1. The minimum atomic E-state index is -1.68. The number of hydrogen-bond donors (Lipinski definition) is 0. The summed E-state index contributed by atoms with van der Waals surface area (Å²) in [4.78, 5) is 44.2. The maximum absolute atomic E-state index is 14.8. The van der Waals surface area contributed by atoms with Gasteiger partial charge in [0.2, 0.25) is 0 Å². The first-order chi connectivity index (χ1) is 20.4. The van der Waals surface area contributed by atoms with Crippen molar-refractivity contribution in [1.82, 2.24) is 5.01 Å². The Morgan fingerprint density at radius 3 is 2.14 bits per heavy atom. The van der Waals surface area contributed by atoms with Gasteiger partial charge in [-0.05, 0) is 53.1 Å². The first-order valence-corrected chi connectivity index (χ1v) is 13.9. The number of carbonyl (C=O) groups is 3. The van der Waals surface area contributed by atoms with Gasteiger partial charge in [-0.1, -0.05) is 66.2 Å². The van der Waals surface area contributed by atoms with E-state index in [4.69, 9.17) is 26.2 Å². The van der Waals surface area contributed by atoms with Crippen molar-refractivity contribution in [2.45, 2.75) is 18.0 Å². The van der Waals surface area contributed by atoms with Crippen molar-refractivity contribution >= 4 is 35.2 Å². The lowest BCUT2D eigenvalue weighted by Crippen LogP contribution is -2.43. The fourth-order valence-electron chi connectivity index (χ4n) is 6.98. The van der Waals surface area contributed by atoms with E-state index >= 15 is 0 Å². The smallest absolute Gasteiger partial charge is 0.187 e. The van der Waals surface area contributed by atoms with Gasteiger partial charge in [-0.3, -0.25) is 19.4 Å². The zero-order valence-corrected chi connectivity index (χ0v) is 23.5. The van der Waals surface area contributed by atoms with Gasteiger partial charge in [-0.15, -0.1) is 0 Å². The molecule has 0 aromatic heterocycles. The second kappa shape index (κ2) is 9.67. The molecule has 208 valence electrons. The molecule has 0 radical (unpaired) electrons. The van der Waals surface area contributed by atoms with Crippen LogP contribution in [-0.4, -0.2) is 48.8 Å². The molecule has 7 rings (SSSR count). The zero-order valence-electron chi connectivity index (χ0n) is 22.8. The summed E-state index contributed by atoms with van der Waals surface area (Å²) in [6.07, 6.45) is 1.69. The molecule has 1 spiro atoms. The topological polar surface area (TPSA) is 85.3 Å². The molecule has 1 saturated heterocycles. The van der Waals surface area contributed by atoms with E-state index in [1.165, 1.54) is 14.2 Å². The first kappa shape index (κ1) is 26.2. The molecule has 3 atom stereocenters. The van der Waals surface area contributed by atoms with Gasteiger partial charge < -0.3 is 9.47 Å². The second-order valence-corrected chi connectivity index (χ2v) is 11.1. The Kier molecular flexibility index (Phi) is 6.02. The average Bonchev–Trinajstić information content (AvgIpc) is 3.46. The van der Waals surface area contributed by atoms with Crippen LogP contribution in [0.25, 0.3) is 0 Å². The van der Waals surface area contributed by atoms with E-state index in [1.807, 2.05) is 24.3 Å². The SMILES string of the molecule is COc1ccc([C@H]2[C@H](C(=O)c3ccc(Cl)cc3)N3N=Cc4ccccc4[C@@H]3C23C(=O)c2ccccc2C3=O)cc1OC. The molecule has 8 heteroatoms. The molecule has 3 aliphatic rings. The predicted octanol–water partition coefficient (Wildman–Crippen LogP) is 6.16. The Balaban J connectivity index is 1.55. The van der Waals surface area contributed by atoms with E-state index in [1.54, 1.807) is 78.0 Å². The van der Waals surface area contributed by atoms with Crippen LogP contribution in [0.15, 0.2) is 96.1 Å². The van der Waals surface area contributed by atoms with E-state index in [2.05, 4.69) is 0 Å². The van der Waals surface area contributed by atoms with E-state index in [9.17, 15) is 14.4 Å². The molecule has 2 aliphatic heterocycles. The van der Waals surface area contributed by atoms with Crippen LogP contribution < -0.4 is 9.47 Å². The summed E-state index contributed by atoms with van der Waals surface area (Å²) in [5, 5.41) is 6.94. The highest BCUT2D eigenvalue weighted by molar-refractivity contribution is 6.32. The second-order valence-electron chi connectivity index (χ2n) is 10.6. The molecule has 0 N–H and O–H groups in total. The average molecular weight is 577 g/mol. The number of nitrogens with zero attached hydrogens (tertiary/aromatic N) is 2. The molecular weight excluding hydrogens is 552 g/mol. The standard InChI is InChI=1S/C34H25ClN2O5/c1-41-26-16-13-20(17-27(26)42-2)28-29(30(38)19-11-14-22(35)15-12-19)37-31(23-8-4-3-7-21(23)18-36-37)34(28)32(39)24-9-5-6-10-25(24)33(34)40/h3-18,28-29,31H,1-2H3/t28-,29+,31+/m0/s1. The lowest BCUT2D eigenvalue weighted by molar-refractivity contribution is 0.0586. The largest absolute Gasteiger partial charge is 0.493 e. The summed E-state index contributed by atoms with van der Waals surface area (Å²) in [5.41, 5.74) is 1.56. The molecule has 1 aliphatic carbocycles. The van der Waals surface area contributed by atoms with Gasteiger partial charge in [-0.2, -0.15) is 5.10 Å². The van der Waals surface area contributed by atoms with E-state index in [0.717, 1.165) is 11.1 Å². The summed E-state index contributed by atoms with van der Waals surface area (Å²) in [5.74, 6) is -0.927. The Bertz CT molecular complexity index is 1780. The van der Waals surface area contributed by atoms with E-state index in [0.29, 0.717) is 38.8 Å². The number of fused-ring (bicyclic) bond motifs is 5. The van der Waals surface area contributed by atoms with Crippen LogP contribution in [0.1, 0.15) is 59.7 Å². The highest BCUT2D eigenvalue weighted by atomic mass is 35.5. The van der Waals surface area contributed by atoms with Crippen LogP contribution in [0.3, 0.4) is 0 Å². The minimum absolute atomic E-state index is 0.276. The lowest BCUT2D eigenvalue weighted by Gasteiger charge is -2.36. The highest BCUT2D eigenvalue weighted by Crippen LogP contribution is 2.65. The summed E-state index contributed by atoms with van der Waals surface area (Å²) in [6.45, 7) is 0. The molecule has 7 nitrogen and oxygen atoms in total. The van der Waals surface area contributed by atoms with Crippen LogP contribution in [0.4, 0.5) is 0 Å². The fourth-order valence-corrected chi connectivity index (χ4v) is 7.11. The summed E-state index contributed by atoms with van der Waals surface area (Å²) >= 11 is 6.16. The minimum Gasteiger partial charge on any atom is -0.493 e. The van der Waals surface area contributed by atoms with Gasteiger partial charge in [0, 0.05) is 27.6 Å². The third-order valence-electron chi connectivity index (χ3n) is 8.74. The van der Waals surface area contributed by atoms with Crippen LogP contribution in [0.5, 0.6) is 11.5 Å². The Morgan fingerprint density at radius 1 is 0.833 bits per heavy atom. The van der Waals surface area contributed by atoms with Crippen molar-refractivity contribution in [3.8, 4) is 11.5 Å². The van der Waals surface area contributed by atoms with Crippen molar-refractivity contribution in [3.05, 3.63) is 129 Å². The molecule has 0 saturated carbocycles. The molecule has 4 aromatic rings. The van der Waals surface area contributed by atoms with Crippen LogP contribution in [-0.2, 0) is 0 Å². The molecule has 0 amide bonds. The predicted molar refractivity (Wildman–Crippen MR) is 158 cm³/mol. The van der Waals surface area contributed by atoms with Gasteiger partial charge in [-0.25, -0.2) is 0 Å². The van der Waals surface area contributed by atoms with Crippen molar-refractivity contribution in [3.63, 3.8) is 0 Å². The number of ether oxygens (including phenoxy) is 2. The third kappa shape index (κ3) is 3.46. The van der Waals surface area contributed by atoms with Crippen LogP contribution >= 0.6 is 11.6 Å². The molecule has 1 fully saturated rings. The summed E-state index contributed by atoms with van der Waals surface area (Å²) in [6, 6.07) is 24.5. The summed E-state index contributed by atoms with van der Waals surface area (Å²) in [7, 11) is 3.06. The molecule has 0 bridgehead atoms. The number of methoxy groups -OCH3 is 2. The van der Waals surface area contributed by atoms with Gasteiger partial charge in [0.05, 0.1) is 26.5 Å². The number of Topliss-reactive ketones (excluding diaryl/α,β-unsaturated/α-hetero) is 3. The van der Waals surface area contributed by atoms with Crippen LogP contribution in [0, 0.1) is 5.41 Å². The quantitative estimate of drug-likeness (QED) is 0.209. The van der Waals surface area contributed by atoms with Gasteiger partial charge in [0.1, 0.15) is 11.5 Å². The number of carbonyl (C=O) groups excluding carboxylic acids is 3. The highest BCUT2D eigenvalue weighted by Gasteiger charge is 2.72. The zero-order chi connectivity index (χ0) is 29.2. The monoisotopic (exact) mass is 576 g/mol. The number of halogens is 1. The maximum Gasteiger partial charge on any atom is 0.187 e. The molecule has 2 heterocycles. The van der Waals surface area contributed by atoms with Crippen molar-refractivity contribution < 1.29 is 23.9 Å². The Labute approximate surface area is 247 Å². The lowest BCUT2D eigenvalue weighted by atomic mass is 9.63. The van der Waals surface area contributed by atoms with E-state index < -0.39 is 23.4 Å². The number of hydrogen-bond acceptors (Lipinski definition) is 7. The fraction of sp³-hybridized carbons (Fsp3) is 0.176. The number of ketones is 3. The molecule has 42 heavy (non-hydrogen) atoms. The van der Waals surface area contributed by atoms with Gasteiger partial charge in [0.15, 0.2) is 28.8 Å². The van der Waals surface area contributed by atoms with Crippen molar-refractivity contribution in [2.24, 2.45) is 10.5 Å². The van der Waals surface area contributed by atoms with Crippen LogP contribution in [0.2, 0.25) is 5.02 Å². The summed E-state index contributed by atoms with van der Waals surface area (Å²) < 4.78 is 11.1.